The van der Waals surface area contributed by atoms with Gasteiger partial charge in [-0.05, 0) is 105 Å². The Kier molecular flexibility index (Phi) is 28.6. The van der Waals surface area contributed by atoms with Crippen LogP contribution < -0.4 is 4.90 Å². The summed E-state index contributed by atoms with van der Waals surface area (Å²) in [6.45, 7) is 8.03. The van der Waals surface area contributed by atoms with Crippen LogP contribution in [-0.4, -0.2) is 225 Å². The minimum Gasteiger partial charge on any atom is -0.481 e. The summed E-state index contributed by atoms with van der Waals surface area (Å²) in [6, 6.07) is 9.37. The molecule has 0 spiro atoms. The topological polar surface area (TPSA) is 398 Å². The Balaban J connectivity index is 1.47. The number of carbonyl (C=O) groups is 1. The second-order valence-electron chi connectivity index (χ2n) is 22.1. The number of hydrogen-bond donors (Lipinski definition) is 6. The first kappa shape index (κ1) is 76.8. The highest BCUT2D eigenvalue weighted by atomic mass is 32.2. The number of fused-ring (bicyclic) bond motifs is 6. The van der Waals surface area contributed by atoms with Gasteiger partial charge in [0.2, 0.25) is 5.69 Å². The number of carboxylic acids is 1. The van der Waals surface area contributed by atoms with E-state index in [4.69, 9.17) is 42.6 Å². The molecular formula is C60H83N2O26S5+. The average molecular weight is 1410 g/mol. The van der Waals surface area contributed by atoms with Gasteiger partial charge in [-0.2, -0.15) is 46.7 Å². The third-order valence-corrected chi connectivity index (χ3v) is 19.9. The number of ether oxygens (including phenoxy) is 9. The Labute approximate surface area is 542 Å². The van der Waals surface area contributed by atoms with Gasteiger partial charge in [-0.25, -0.2) is 0 Å². The lowest BCUT2D eigenvalue weighted by Gasteiger charge is -2.31. The number of allylic oxidation sites excluding steroid dienone is 6. The first-order chi connectivity index (χ1) is 43.9. The van der Waals surface area contributed by atoms with Gasteiger partial charge in [0.25, 0.3) is 50.6 Å². The summed E-state index contributed by atoms with van der Waals surface area (Å²) < 4.78 is 231. The van der Waals surface area contributed by atoms with Gasteiger partial charge in [0.15, 0.2) is 12.3 Å². The maximum absolute atomic E-state index is 13.0. The molecule has 518 valence electrons. The van der Waals surface area contributed by atoms with Crippen molar-refractivity contribution in [3.63, 3.8) is 0 Å². The van der Waals surface area contributed by atoms with Crippen LogP contribution in [0.5, 0.6) is 0 Å². The second-order valence-corrected chi connectivity index (χ2v) is 29.3. The van der Waals surface area contributed by atoms with Gasteiger partial charge in [-0.1, -0.05) is 30.7 Å². The monoisotopic (exact) mass is 1410 g/mol. The van der Waals surface area contributed by atoms with E-state index < -0.39 is 92.7 Å². The predicted molar refractivity (Wildman–Crippen MR) is 341 cm³/mol. The molecule has 28 nitrogen and oxygen atoms in total. The van der Waals surface area contributed by atoms with Crippen molar-refractivity contribution in [2.24, 2.45) is 0 Å². The molecule has 2 aliphatic rings. The quantitative estimate of drug-likeness (QED) is 0.0124. The number of aliphatic carboxylic acids is 1. The molecular weight excluding hydrogens is 1320 g/mol. The van der Waals surface area contributed by atoms with Gasteiger partial charge >= 0.3 is 5.97 Å². The summed E-state index contributed by atoms with van der Waals surface area (Å²) in [6.07, 6.45) is 9.38. The minimum absolute atomic E-state index is 0.0241. The van der Waals surface area contributed by atoms with Gasteiger partial charge in [0.05, 0.1) is 113 Å². The molecule has 0 aliphatic carbocycles. The highest BCUT2D eigenvalue weighted by Crippen LogP contribution is 2.54. The second kappa shape index (κ2) is 34.6. The van der Waals surface area contributed by atoms with Crippen molar-refractivity contribution < 1.29 is 122 Å². The molecule has 33 heteroatoms. The van der Waals surface area contributed by atoms with Crippen LogP contribution in [-0.2, 0) is 109 Å². The van der Waals surface area contributed by atoms with Crippen molar-refractivity contribution >= 4 is 95.2 Å². The number of rotatable bonds is 44. The van der Waals surface area contributed by atoms with E-state index in [-0.39, 0.29) is 125 Å². The standard InChI is InChI=1S/C60H82N2O26S5/c1-59(19-11-39-89(65,66)67)54(62(22-24-83-30-32-87-37-38-88-36-34-85-28-26-81-4)51-18-16-46-48(57(51)59)40-44(90(68,69)70)42-52(46)92(74,75)76)12-7-5-8-13-55-60(2,20-23-82-29-31-86-35-33-84-27-25-80-3)58-49-41-45(91(71,72)73)43-53(93(77,78)79)47(49)15-17-50(58)61(55)21-10-6-9-14-56(63)64/h5,7-8,12-13,15-18,40-43H,6,9-11,14,19-39H2,1-4H3,(H5-,63,64,65,66,67,68,69,70,71,72,73,74,75,76,77,78,79)/p+1. The van der Waals surface area contributed by atoms with E-state index in [1.54, 1.807) is 68.2 Å². The van der Waals surface area contributed by atoms with Crippen LogP contribution in [0.3, 0.4) is 0 Å². The van der Waals surface area contributed by atoms with Crippen LogP contribution >= 0.6 is 0 Å². The van der Waals surface area contributed by atoms with Crippen LogP contribution in [0.15, 0.2) is 104 Å². The predicted octanol–water partition coefficient (Wildman–Crippen LogP) is 6.22. The third-order valence-electron chi connectivity index (χ3n) is 15.7. The van der Waals surface area contributed by atoms with Gasteiger partial charge in [-0.15, -0.1) is 0 Å². The Morgan fingerprint density at radius 1 is 0.505 bits per heavy atom. The van der Waals surface area contributed by atoms with E-state index >= 15 is 0 Å². The molecule has 2 atom stereocenters. The number of anilines is 1. The molecule has 2 heterocycles. The fourth-order valence-corrected chi connectivity index (χ4v) is 14.6. The summed E-state index contributed by atoms with van der Waals surface area (Å²) >= 11 is 0. The van der Waals surface area contributed by atoms with Crippen molar-refractivity contribution in [3.05, 3.63) is 95.7 Å². The Bertz CT molecular complexity index is 3970. The van der Waals surface area contributed by atoms with Crippen molar-refractivity contribution in [1.82, 2.24) is 0 Å². The maximum atomic E-state index is 13.0. The van der Waals surface area contributed by atoms with Gasteiger partial charge < -0.3 is 52.6 Å². The van der Waals surface area contributed by atoms with Crippen LogP contribution in [0.2, 0.25) is 0 Å². The smallest absolute Gasteiger partial charge is 0.303 e. The van der Waals surface area contributed by atoms with Crippen molar-refractivity contribution in [2.45, 2.75) is 89.2 Å². The molecule has 0 saturated carbocycles. The first-order valence-electron chi connectivity index (χ1n) is 29.7. The van der Waals surface area contributed by atoms with E-state index in [1.165, 1.54) is 12.1 Å². The van der Waals surface area contributed by atoms with E-state index in [0.29, 0.717) is 106 Å². The summed E-state index contributed by atoms with van der Waals surface area (Å²) in [5.74, 6) is -1.71. The minimum atomic E-state index is -5.18. The molecule has 0 radical (unpaired) electrons. The van der Waals surface area contributed by atoms with E-state index in [9.17, 15) is 74.8 Å². The van der Waals surface area contributed by atoms with Crippen LogP contribution in [0.25, 0.3) is 21.5 Å². The van der Waals surface area contributed by atoms with Crippen molar-refractivity contribution in [2.75, 3.05) is 144 Å². The van der Waals surface area contributed by atoms with Crippen LogP contribution in [0.1, 0.15) is 69.9 Å². The first-order valence-corrected chi connectivity index (χ1v) is 37.0. The third kappa shape index (κ3) is 21.4. The lowest BCUT2D eigenvalue weighted by Crippen LogP contribution is -2.33. The van der Waals surface area contributed by atoms with E-state index in [2.05, 4.69) is 0 Å². The Morgan fingerprint density at radius 3 is 1.45 bits per heavy atom. The molecule has 6 N–H and O–H groups in total. The molecule has 0 saturated heterocycles. The highest BCUT2D eigenvalue weighted by molar-refractivity contribution is 7.87. The van der Waals surface area contributed by atoms with Gasteiger partial charge in [-0.3, -0.25) is 27.6 Å². The number of unbranched alkanes of at least 4 members (excludes halogenated alkanes) is 2. The summed E-state index contributed by atoms with van der Waals surface area (Å²) in [7, 11) is -22.0. The zero-order valence-electron chi connectivity index (χ0n) is 52.2. The fraction of sp³-hybridized carbons (Fsp3) is 0.533. The Morgan fingerprint density at radius 2 is 0.978 bits per heavy atom. The lowest BCUT2D eigenvalue weighted by molar-refractivity contribution is -0.442. The molecule has 0 bridgehead atoms. The number of carboxylic acid groups (broad SMARTS) is 1. The zero-order chi connectivity index (χ0) is 68.3. The largest absolute Gasteiger partial charge is 0.481 e. The SMILES string of the molecule is COCCOCCOCCOCCOCC[N+]1=C(/C=C/C=C/C=C2/N(CCCCCC(=O)O)c3ccc4c(S(=O)(=O)O)cc(S(=O)(=O)O)cc4c3C2(C)CCOCCOCCOCCOC)C(C)(CCCS(=O)(=O)O)c2c1ccc1c(S(=O)(=O)O)cc(S(=O)(=O)O)cc21. The number of nitrogens with zero attached hydrogens (tertiary/aromatic N) is 2. The van der Waals surface area contributed by atoms with Gasteiger partial charge in [0, 0.05) is 79.1 Å². The molecule has 0 amide bonds. The molecule has 2 unspecified atom stereocenters. The normalized spacial score (nSPS) is 17.8. The summed E-state index contributed by atoms with van der Waals surface area (Å²) in [5, 5.41) is 9.25. The number of methoxy groups -OCH3 is 2. The summed E-state index contributed by atoms with van der Waals surface area (Å²) in [4.78, 5) is 10.1. The van der Waals surface area contributed by atoms with E-state index in [0.717, 1.165) is 12.1 Å². The average Bonchev–Trinajstić information content (AvgIpc) is 1.62. The van der Waals surface area contributed by atoms with Crippen molar-refractivity contribution in [1.29, 1.82) is 0 Å². The fourth-order valence-electron chi connectivity index (χ4n) is 11.4. The van der Waals surface area contributed by atoms with Crippen molar-refractivity contribution in [3.8, 4) is 0 Å². The van der Waals surface area contributed by atoms with E-state index in [1.807, 2.05) is 11.8 Å². The van der Waals surface area contributed by atoms with Crippen LogP contribution in [0.4, 0.5) is 11.4 Å². The maximum Gasteiger partial charge on any atom is 0.303 e. The molecule has 4 aromatic rings. The molecule has 0 aromatic heterocycles. The number of hydrogen-bond acceptors (Lipinski definition) is 21. The Hall–Kier alpha value is -5.25. The summed E-state index contributed by atoms with van der Waals surface area (Å²) in [5.41, 5.74) is -0.0624. The molecule has 6 rings (SSSR count). The highest BCUT2D eigenvalue weighted by Gasteiger charge is 2.50. The lowest BCUT2D eigenvalue weighted by atomic mass is 9.74. The zero-order valence-corrected chi connectivity index (χ0v) is 56.3. The van der Waals surface area contributed by atoms with Gasteiger partial charge in [0.1, 0.15) is 16.4 Å². The molecule has 2 aliphatic heterocycles. The molecule has 0 fully saturated rings. The van der Waals surface area contributed by atoms with Crippen LogP contribution in [0, 0.1) is 0 Å². The molecule has 4 aromatic carbocycles. The number of benzene rings is 4. The molecule has 93 heavy (non-hydrogen) atoms.